The van der Waals surface area contributed by atoms with Gasteiger partial charge in [-0.25, -0.2) is 0 Å². The molecule has 0 spiro atoms. The summed E-state index contributed by atoms with van der Waals surface area (Å²) < 4.78 is 4.95. The highest BCUT2D eigenvalue weighted by atomic mass is 35.5. The van der Waals surface area contributed by atoms with Crippen LogP contribution < -0.4 is 20.9 Å². The Labute approximate surface area is 199 Å². The summed E-state index contributed by atoms with van der Waals surface area (Å²) in [7, 11) is 1.63. The van der Waals surface area contributed by atoms with Crippen LogP contribution in [0, 0.1) is 0 Å². The highest BCUT2D eigenvalue weighted by Crippen LogP contribution is 2.31. The van der Waals surface area contributed by atoms with Gasteiger partial charge in [0.2, 0.25) is 5.91 Å². The molecular formula is C23H29Cl2N5O2. The Morgan fingerprint density at radius 1 is 1.03 bits per heavy atom. The van der Waals surface area contributed by atoms with E-state index in [0.717, 1.165) is 43.4 Å². The smallest absolute Gasteiger partial charge is 0.238 e. The number of ether oxygens (including phenoxy) is 1. The summed E-state index contributed by atoms with van der Waals surface area (Å²) in [5.74, 6) is 0.698. The van der Waals surface area contributed by atoms with E-state index in [1.165, 1.54) is 0 Å². The fraction of sp³-hybridized carbons (Fsp3) is 0.348. The van der Waals surface area contributed by atoms with Crippen LogP contribution in [0.3, 0.4) is 0 Å². The molecule has 1 aliphatic rings. The highest BCUT2D eigenvalue weighted by Gasteiger charge is 2.19. The summed E-state index contributed by atoms with van der Waals surface area (Å²) in [6.07, 6.45) is 0. The zero-order chi connectivity index (χ0) is 22.9. The van der Waals surface area contributed by atoms with E-state index in [2.05, 4.69) is 32.3 Å². The average Bonchev–Trinajstić information content (AvgIpc) is 2.80. The van der Waals surface area contributed by atoms with Gasteiger partial charge in [-0.2, -0.15) is 0 Å². The number of amides is 1. The molecule has 0 bridgehead atoms. The maximum Gasteiger partial charge on any atom is 0.238 e. The van der Waals surface area contributed by atoms with Crippen molar-refractivity contribution in [3.63, 3.8) is 0 Å². The number of nitrogens with one attached hydrogen (secondary N) is 3. The standard InChI is InChI=1S/C23H29Cl2N5O2/c1-17(27-23-20(24)4-3-5-21(23)25)29-11-13-30(14-12-29)19-8-6-18(7-9-19)28-22(31)16-26-10-15-32-2/h3-9,26-27H,1,10-16H2,2H3,(H,28,31). The molecule has 1 heterocycles. The number of hydrogen-bond donors (Lipinski definition) is 3. The third-order valence-corrected chi connectivity index (χ3v) is 5.81. The predicted octanol–water partition coefficient (Wildman–Crippen LogP) is 3.87. The number of halogens is 2. The van der Waals surface area contributed by atoms with Crippen LogP contribution in [0.25, 0.3) is 0 Å². The number of para-hydroxylation sites is 1. The fourth-order valence-electron chi connectivity index (χ4n) is 3.41. The lowest BCUT2D eigenvalue weighted by molar-refractivity contribution is -0.115. The first kappa shape index (κ1) is 24.2. The number of rotatable bonds is 10. The first-order valence-corrected chi connectivity index (χ1v) is 11.2. The molecule has 1 aliphatic heterocycles. The summed E-state index contributed by atoms with van der Waals surface area (Å²) in [6.45, 7) is 8.97. The SMILES string of the molecule is C=C(Nc1c(Cl)cccc1Cl)N1CCN(c2ccc(NC(=O)CNCCOC)cc2)CC1. The van der Waals surface area contributed by atoms with Gasteiger partial charge in [-0.1, -0.05) is 35.8 Å². The Morgan fingerprint density at radius 2 is 1.69 bits per heavy atom. The van der Waals surface area contributed by atoms with Gasteiger partial charge < -0.3 is 30.5 Å². The van der Waals surface area contributed by atoms with E-state index in [-0.39, 0.29) is 12.5 Å². The van der Waals surface area contributed by atoms with Crippen molar-refractivity contribution >= 4 is 46.2 Å². The number of anilines is 3. The van der Waals surface area contributed by atoms with Crippen LogP contribution in [-0.4, -0.2) is 63.8 Å². The van der Waals surface area contributed by atoms with Crippen LogP contribution in [-0.2, 0) is 9.53 Å². The Bertz CT molecular complexity index is 895. The number of benzene rings is 2. The van der Waals surface area contributed by atoms with Crippen molar-refractivity contribution < 1.29 is 9.53 Å². The maximum absolute atomic E-state index is 12.0. The second kappa shape index (κ2) is 12.0. The molecule has 7 nitrogen and oxygen atoms in total. The summed E-state index contributed by atoms with van der Waals surface area (Å²) in [5, 5.41) is 10.3. The van der Waals surface area contributed by atoms with Crippen molar-refractivity contribution in [2.75, 3.05) is 68.5 Å². The third-order valence-electron chi connectivity index (χ3n) is 5.18. The molecule has 3 rings (SSSR count). The summed E-state index contributed by atoms with van der Waals surface area (Å²) in [6, 6.07) is 13.3. The van der Waals surface area contributed by atoms with E-state index in [9.17, 15) is 4.79 Å². The van der Waals surface area contributed by atoms with Gasteiger partial charge in [0.25, 0.3) is 0 Å². The molecule has 1 amide bonds. The molecule has 0 saturated carbocycles. The van der Waals surface area contributed by atoms with Crippen LogP contribution in [0.4, 0.5) is 17.1 Å². The molecule has 0 unspecified atom stereocenters. The number of carbonyl (C=O) groups is 1. The Balaban J connectivity index is 1.46. The molecule has 0 aromatic heterocycles. The molecule has 0 aliphatic carbocycles. The summed E-state index contributed by atoms with van der Waals surface area (Å²) in [4.78, 5) is 16.5. The van der Waals surface area contributed by atoms with E-state index in [1.807, 2.05) is 30.3 Å². The molecule has 2 aromatic carbocycles. The van der Waals surface area contributed by atoms with E-state index in [4.69, 9.17) is 27.9 Å². The Kier molecular flexibility index (Phi) is 9.05. The number of piperazine rings is 1. The van der Waals surface area contributed by atoms with Crippen LogP contribution in [0.2, 0.25) is 10.0 Å². The zero-order valence-corrected chi connectivity index (χ0v) is 19.7. The van der Waals surface area contributed by atoms with Crippen LogP contribution in [0.15, 0.2) is 54.9 Å². The zero-order valence-electron chi connectivity index (χ0n) is 18.2. The minimum atomic E-state index is -0.0768. The average molecular weight is 478 g/mol. The van der Waals surface area contributed by atoms with Crippen LogP contribution >= 0.6 is 23.2 Å². The van der Waals surface area contributed by atoms with Crippen LogP contribution in [0.5, 0.6) is 0 Å². The van der Waals surface area contributed by atoms with Crippen molar-refractivity contribution in [2.45, 2.75) is 0 Å². The number of methoxy groups -OCH3 is 1. The summed E-state index contributed by atoms with van der Waals surface area (Å²) >= 11 is 12.5. The maximum atomic E-state index is 12.0. The minimum absolute atomic E-state index is 0.0768. The number of hydrogen-bond acceptors (Lipinski definition) is 6. The first-order valence-electron chi connectivity index (χ1n) is 10.5. The van der Waals surface area contributed by atoms with Crippen molar-refractivity contribution in [3.8, 4) is 0 Å². The van der Waals surface area contributed by atoms with E-state index < -0.39 is 0 Å². The first-order chi connectivity index (χ1) is 15.5. The predicted molar refractivity (Wildman–Crippen MR) is 133 cm³/mol. The number of nitrogens with zero attached hydrogens (tertiary/aromatic N) is 2. The van der Waals surface area contributed by atoms with Gasteiger partial charge in [0, 0.05) is 51.2 Å². The second-order valence-corrected chi connectivity index (χ2v) is 8.22. The molecule has 0 radical (unpaired) electrons. The monoisotopic (exact) mass is 477 g/mol. The van der Waals surface area contributed by atoms with Crippen molar-refractivity contribution in [2.24, 2.45) is 0 Å². The minimum Gasteiger partial charge on any atom is -0.383 e. The van der Waals surface area contributed by atoms with Gasteiger partial charge in [-0.15, -0.1) is 0 Å². The van der Waals surface area contributed by atoms with E-state index in [1.54, 1.807) is 19.2 Å². The molecule has 9 heteroatoms. The molecule has 1 fully saturated rings. The quantitative estimate of drug-likeness (QED) is 0.451. The van der Waals surface area contributed by atoms with Gasteiger partial charge in [0.15, 0.2) is 0 Å². The van der Waals surface area contributed by atoms with E-state index in [0.29, 0.717) is 28.9 Å². The molecule has 1 saturated heterocycles. The van der Waals surface area contributed by atoms with Gasteiger partial charge >= 0.3 is 0 Å². The lowest BCUT2D eigenvalue weighted by Gasteiger charge is -2.38. The van der Waals surface area contributed by atoms with Crippen molar-refractivity contribution in [3.05, 3.63) is 64.9 Å². The van der Waals surface area contributed by atoms with Crippen molar-refractivity contribution in [1.82, 2.24) is 10.2 Å². The molecule has 0 atom stereocenters. The lowest BCUT2D eigenvalue weighted by Crippen LogP contribution is -2.46. The molecule has 32 heavy (non-hydrogen) atoms. The van der Waals surface area contributed by atoms with Gasteiger partial charge in [-0.3, -0.25) is 4.79 Å². The molecule has 3 N–H and O–H groups in total. The lowest BCUT2D eigenvalue weighted by atomic mass is 10.2. The normalized spacial score (nSPS) is 13.7. The summed E-state index contributed by atoms with van der Waals surface area (Å²) in [5.41, 5.74) is 2.57. The van der Waals surface area contributed by atoms with Crippen LogP contribution in [0.1, 0.15) is 0 Å². The van der Waals surface area contributed by atoms with Gasteiger partial charge in [0.05, 0.1) is 34.7 Å². The van der Waals surface area contributed by atoms with Gasteiger partial charge in [-0.05, 0) is 36.4 Å². The highest BCUT2D eigenvalue weighted by molar-refractivity contribution is 6.39. The topological polar surface area (TPSA) is 68.9 Å². The van der Waals surface area contributed by atoms with Gasteiger partial charge in [0.1, 0.15) is 0 Å². The molecule has 172 valence electrons. The van der Waals surface area contributed by atoms with Crippen molar-refractivity contribution in [1.29, 1.82) is 0 Å². The Hall–Kier alpha value is -2.45. The Morgan fingerprint density at radius 3 is 2.31 bits per heavy atom. The molecular weight excluding hydrogens is 449 g/mol. The fourth-order valence-corrected chi connectivity index (χ4v) is 3.90. The third kappa shape index (κ3) is 6.77. The number of carbonyl (C=O) groups excluding carboxylic acids is 1. The second-order valence-electron chi connectivity index (χ2n) is 7.41. The van der Waals surface area contributed by atoms with E-state index >= 15 is 0 Å². The largest absolute Gasteiger partial charge is 0.383 e. The molecule has 2 aromatic rings.